The van der Waals surface area contributed by atoms with Gasteiger partial charge in [-0.15, -0.1) is 0 Å². The molecular weight excluding hydrogens is 209 g/mol. The molecule has 0 aliphatic carbocycles. The molecule has 1 radical (unpaired) electrons. The number of methoxy groups -OCH3 is 1. The predicted molar refractivity (Wildman–Crippen MR) is 58.5 cm³/mol. The second-order valence-electron chi connectivity index (χ2n) is 3.69. The first kappa shape index (κ1) is 11.4. The van der Waals surface area contributed by atoms with Crippen LogP contribution in [0.25, 0.3) is 0 Å². The van der Waals surface area contributed by atoms with E-state index in [-0.39, 0.29) is 5.82 Å². The van der Waals surface area contributed by atoms with Crippen molar-refractivity contribution in [3.63, 3.8) is 0 Å². The van der Waals surface area contributed by atoms with E-state index in [9.17, 15) is 4.39 Å². The molecular formula is C12H15FNO2. The van der Waals surface area contributed by atoms with Crippen molar-refractivity contribution in [3.8, 4) is 5.75 Å². The quantitative estimate of drug-likeness (QED) is 0.781. The Morgan fingerprint density at radius 3 is 3.06 bits per heavy atom. The van der Waals surface area contributed by atoms with Gasteiger partial charge >= 0.3 is 0 Å². The maximum atomic E-state index is 13.6. The molecule has 1 aliphatic heterocycles. The molecule has 0 unspecified atom stereocenters. The van der Waals surface area contributed by atoms with Crippen LogP contribution in [0.1, 0.15) is 5.56 Å². The molecule has 0 aromatic heterocycles. The summed E-state index contributed by atoms with van der Waals surface area (Å²) in [4.78, 5) is 2.12. The number of nitrogens with zero attached hydrogens (tertiary/aromatic N) is 1. The molecule has 1 fully saturated rings. The van der Waals surface area contributed by atoms with Crippen molar-refractivity contribution in [3.05, 3.63) is 36.2 Å². The van der Waals surface area contributed by atoms with Gasteiger partial charge in [-0.05, 0) is 12.1 Å². The average Bonchev–Trinajstić information content (AvgIpc) is 2.33. The van der Waals surface area contributed by atoms with Crippen molar-refractivity contribution in [2.24, 2.45) is 0 Å². The minimum Gasteiger partial charge on any atom is -0.496 e. The summed E-state index contributed by atoms with van der Waals surface area (Å²) >= 11 is 0. The highest BCUT2D eigenvalue weighted by molar-refractivity contribution is 5.34. The number of halogens is 1. The fourth-order valence-corrected chi connectivity index (χ4v) is 1.77. The Morgan fingerprint density at radius 2 is 2.38 bits per heavy atom. The molecule has 16 heavy (non-hydrogen) atoms. The van der Waals surface area contributed by atoms with Gasteiger partial charge in [0.25, 0.3) is 0 Å². The lowest BCUT2D eigenvalue weighted by molar-refractivity contribution is 0.0799. The van der Waals surface area contributed by atoms with Crippen LogP contribution in [-0.4, -0.2) is 31.7 Å². The van der Waals surface area contributed by atoms with Crippen LogP contribution in [0.2, 0.25) is 0 Å². The molecule has 0 atom stereocenters. The zero-order chi connectivity index (χ0) is 11.4. The molecule has 0 amide bonds. The first-order chi connectivity index (χ1) is 7.81. The van der Waals surface area contributed by atoms with Gasteiger partial charge in [0.1, 0.15) is 11.6 Å². The van der Waals surface area contributed by atoms with E-state index in [1.54, 1.807) is 25.8 Å². The van der Waals surface area contributed by atoms with Crippen LogP contribution in [0.3, 0.4) is 0 Å². The molecule has 1 aliphatic rings. The number of morpholine rings is 1. The molecule has 3 nitrogen and oxygen atoms in total. The van der Waals surface area contributed by atoms with Gasteiger partial charge in [-0.1, -0.05) is 6.07 Å². The summed E-state index contributed by atoms with van der Waals surface area (Å²) in [6, 6.07) is 4.90. The van der Waals surface area contributed by atoms with Crippen LogP contribution >= 0.6 is 0 Å². The van der Waals surface area contributed by atoms with E-state index in [4.69, 9.17) is 9.47 Å². The third-order valence-corrected chi connectivity index (χ3v) is 2.65. The highest BCUT2D eigenvalue weighted by Crippen LogP contribution is 2.23. The fraction of sp³-hybridized carbons (Fsp3) is 0.417. The third kappa shape index (κ3) is 2.51. The molecule has 1 heterocycles. The van der Waals surface area contributed by atoms with E-state index in [0.29, 0.717) is 24.5 Å². The van der Waals surface area contributed by atoms with E-state index in [1.165, 1.54) is 6.07 Å². The normalized spacial score (nSPS) is 17.4. The molecule has 1 saturated heterocycles. The molecule has 0 saturated carbocycles. The fourth-order valence-electron chi connectivity index (χ4n) is 1.77. The van der Waals surface area contributed by atoms with Crippen molar-refractivity contribution < 1.29 is 13.9 Å². The van der Waals surface area contributed by atoms with Crippen LogP contribution in [0.5, 0.6) is 5.75 Å². The average molecular weight is 224 g/mol. The number of benzene rings is 1. The topological polar surface area (TPSA) is 21.7 Å². The van der Waals surface area contributed by atoms with E-state index < -0.39 is 0 Å². The standard InChI is InChI=1S/C12H15FNO2/c1-15-12-4-2-3-11(13)10(12)9-14-5-7-16-8-6-14/h2-4,7H,5-6,8-9H2,1H3. The van der Waals surface area contributed by atoms with E-state index in [0.717, 1.165) is 13.1 Å². The van der Waals surface area contributed by atoms with Gasteiger partial charge < -0.3 is 9.47 Å². The van der Waals surface area contributed by atoms with Gasteiger partial charge in [0.2, 0.25) is 0 Å². The molecule has 1 aromatic rings. The number of rotatable bonds is 3. The molecule has 0 spiro atoms. The number of hydrogen-bond acceptors (Lipinski definition) is 3. The molecule has 2 rings (SSSR count). The Morgan fingerprint density at radius 1 is 1.50 bits per heavy atom. The summed E-state index contributed by atoms with van der Waals surface area (Å²) in [6.45, 7) is 4.49. The Hall–Kier alpha value is -1.13. The first-order valence-corrected chi connectivity index (χ1v) is 5.28. The number of hydrogen-bond donors (Lipinski definition) is 0. The maximum Gasteiger partial charge on any atom is 0.131 e. The lowest BCUT2D eigenvalue weighted by Crippen LogP contribution is -2.33. The Bertz CT molecular complexity index is 351. The summed E-state index contributed by atoms with van der Waals surface area (Å²) in [5.74, 6) is 0.386. The lowest BCUT2D eigenvalue weighted by Gasteiger charge is -2.26. The molecule has 0 N–H and O–H groups in total. The van der Waals surface area contributed by atoms with Crippen molar-refractivity contribution in [1.82, 2.24) is 4.90 Å². The van der Waals surface area contributed by atoms with Gasteiger partial charge in [-0.3, -0.25) is 4.90 Å². The zero-order valence-electron chi connectivity index (χ0n) is 9.28. The minimum absolute atomic E-state index is 0.217. The smallest absolute Gasteiger partial charge is 0.131 e. The van der Waals surface area contributed by atoms with Crippen LogP contribution in [0.15, 0.2) is 18.2 Å². The Balaban J connectivity index is 2.12. The highest BCUT2D eigenvalue weighted by Gasteiger charge is 2.16. The van der Waals surface area contributed by atoms with Crippen molar-refractivity contribution >= 4 is 0 Å². The molecule has 1 aromatic carbocycles. The zero-order valence-corrected chi connectivity index (χ0v) is 9.28. The van der Waals surface area contributed by atoms with E-state index in [2.05, 4.69) is 4.90 Å². The summed E-state index contributed by atoms with van der Waals surface area (Å²) < 4.78 is 23.9. The second-order valence-corrected chi connectivity index (χ2v) is 3.69. The largest absolute Gasteiger partial charge is 0.496 e. The first-order valence-electron chi connectivity index (χ1n) is 5.28. The number of ether oxygens (including phenoxy) is 2. The summed E-state index contributed by atoms with van der Waals surface area (Å²) in [6.07, 6.45) is 0. The lowest BCUT2D eigenvalue weighted by atomic mass is 10.1. The van der Waals surface area contributed by atoms with Crippen LogP contribution < -0.4 is 4.74 Å². The predicted octanol–water partition coefficient (Wildman–Crippen LogP) is 1.83. The summed E-state index contributed by atoms with van der Waals surface area (Å²) in [5.41, 5.74) is 0.611. The van der Waals surface area contributed by atoms with Crippen molar-refractivity contribution in [2.75, 3.05) is 26.8 Å². The van der Waals surface area contributed by atoms with Gasteiger partial charge in [0, 0.05) is 25.2 Å². The summed E-state index contributed by atoms with van der Waals surface area (Å²) in [7, 11) is 1.56. The molecule has 4 heteroatoms. The van der Waals surface area contributed by atoms with E-state index in [1.807, 2.05) is 0 Å². The Kier molecular flexibility index (Phi) is 3.74. The van der Waals surface area contributed by atoms with Gasteiger partial charge in [-0.25, -0.2) is 4.39 Å². The molecule has 87 valence electrons. The Labute approximate surface area is 94.8 Å². The maximum absolute atomic E-state index is 13.6. The highest BCUT2D eigenvalue weighted by atomic mass is 19.1. The van der Waals surface area contributed by atoms with Crippen LogP contribution in [0, 0.1) is 12.4 Å². The van der Waals surface area contributed by atoms with E-state index >= 15 is 0 Å². The third-order valence-electron chi connectivity index (χ3n) is 2.65. The summed E-state index contributed by atoms with van der Waals surface area (Å²) in [5, 5.41) is 0. The monoisotopic (exact) mass is 224 g/mol. The van der Waals surface area contributed by atoms with Gasteiger partial charge in [0.05, 0.1) is 20.3 Å². The van der Waals surface area contributed by atoms with Crippen LogP contribution in [-0.2, 0) is 11.3 Å². The van der Waals surface area contributed by atoms with Crippen molar-refractivity contribution in [1.29, 1.82) is 0 Å². The second kappa shape index (κ2) is 5.27. The van der Waals surface area contributed by atoms with Gasteiger partial charge in [-0.2, -0.15) is 0 Å². The van der Waals surface area contributed by atoms with Crippen LogP contribution in [0.4, 0.5) is 4.39 Å². The SMILES string of the molecule is COc1cccc(F)c1CN1C[CH]OCC1. The van der Waals surface area contributed by atoms with Gasteiger partial charge in [0.15, 0.2) is 0 Å². The molecule has 0 bridgehead atoms. The minimum atomic E-state index is -0.217. The van der Waals surface area contributed by atoms with Crippen molar-refractivity contribution in [2.45, 2.75) is 6.54 Å².